The van der Waals surface area contributed by atoms with Crippen LogP contribution in [-0.4, -0.2) is 48.6 Å². The van der Waals surface area contributed by atoms with Gasteiger partial charge in [-0.1, -0.05) is 74.2 Å². The Balaban J connectivity index is 1.44. The number of hydrogen-bond acceptors (Lipinski definition) is 3. The molecule has 2 aromatic carbocycles. The monoisotopic (exact) mass is 461 g/mol. The van der Waals surface area contributed by atoms with E-state index in [4.69, 9.17) is 4.74 Å². The first kappa shape index (κ1) is 23.1. The molecular weight excluding hydrogens is 424 g/mol. The van der Waals surface area contributed by atoms with Crippen molar-refractivity contribution in [2.45, 2.75) is 68.9 Å². The van der Waals surface area contributed by atoms with E-state index in [1.165, 1.54) is 0 Å². The summed E-state index contributed by atoms with van der Waals surface area (Å²) in [5.41, 5.74) is 1.24. The second-order valence-corrected chi connectivity index (χ2v) is 10.8. The van der Waals surface area contributed by atoms with Crippen molar-refractivity contribution in [2.24, 2.45) is 5.92 Å². The minimum absolute atomic E-state index is 0.0365. The van der Waals surface area contributed by atoms with Gasteiger partial charge in [0.05, 0.1) is 25.6 Å². The summed E-state index contributed by atoms with van der Waals surface area (Å²) >= 11 is 0. The third-order valence-corrected chi connectivity index (χ3v) is 8.70. The zero-order chi connectivity index (χ0) is 23.6. The number of ether oxygens (including phenoxy) is 1. The van der Waals surface area contributed by atoms with Crippen LogP contribution in [-0.2, 0) is 19.7 Å². The molecule has 2 aromatic rings. The van der Waals surface area contributed by atoms with Gasteiger partial charge in [-0.2, -0.15) is 0 Å². The van der Waals surface area contributed by atoms with Crippen LogP contribution in [0.5, 0.6) is 0 Å². The topological polar surface area (TPSA) is 55.4 Å². The molecular formula is C29H37N2O3+. The molecule has 5 heteroatoms. The molecule has 3 heterocycles. The number of benzene rings is 2. The highest BCUT2D eigenvalue weighted by Crippen LogP contribution is 2.44. The van der Waals surface area contributed by atoms with Crippen molar-refractivity contribution in [2.75, 3.05) is 25.5 Å². The van der Waals surface area contributed by atoms with Gasteiger partial charge >= 0.3 is 5.97 Å². The number of amides is 1. The highest BCUT2D eigenvalue weighted by atomic mass is 16.5. The van der Waals surface area contributed by atoms with Crippen LogP contribution in [0.25, 0.3) is 0 Å². The van der Waals surface area contributed by atoms with Crippen molar-refractivity contribution >= 4 is 17.6 Å². The molecule has 1 unspecified atom stereocenters. The third kappa shape index (κ3) is 4.26. The number of quaternary nitrogens is 1. The van der Waals surface area contributed by atoms with Crippen molar-refractivity contribution in [1.82, 2.24) is 0 Å². The first-order valence-electron chi connectivity index (χ1n) is 13.0. The lowest BCUT2D eigenvalue weighted by Crippen LogP contribution is -2.72. The minimum Gasteiger partial charge on any atom is -0.454 e. The molecule has 2 atom stereocenters. The van der Waals surface area contributed by atoms with E-state index in [-0.39, 0.29) is 29.9 Å². The van der Waals surface area contributed by atoms with Gasteiger partial charge in [0.15, 0.2) is 6.10 Å². The summed E-state index contributed by atoms with van der Waals surface area (Å²) < 4.78 is 7.14. The maximum atomic E-state index is 14.1. The van der Waals surface area contributed by atoms with Gasteiger partial charge in [0.2, 0.25) is 6.04 Å². The van der Waals surface area contributed by atoms with E-state index in [2.05, 4.69) is 24.5 Å². The Hall–Kier alpha value is -2.66. The number of carbonyl (C=O) groups is 2. The van der Waals surface area contributed by atoms with E-state index in [1.54, 1.807) is 0 Å². The summed E-state index contributed by atoms with van der Waals surface area (Å²) in [6.45, 7) is 1.91. The molecule has 1 saturated carbocycles. The molecule has 0 radical (unpaired) electrons. The molecule has 4 aliphatic rings. The number of carbonyl (C=O) groups excluding carboxylic acids is 2. The summed E-state index contributed by atoms with van der Waals surface area (Å²) in [6, 6.07) is 19.4. The highest BCUT2D eigenvalue weighted by Gasteiger charge is 2.58. The average Bonchev–Trinajstić information content (AvgIpc) is 3.12. The molecule has 34 heavy (non-hydrogen) atoms. The maximum Gasteiger partial charge on any atom is 0.317 e. The van der Waals surface area contributed by atoms with Crippen LogP contribution in [0.15, 0.2) is 60.7 Å². The van der Waals surface area contributed by atoms with E-state index in [1.807, 2.05) is 48.5 Å². The standard InChI is InChI=1S/C29H36N2O3/c1-31-20-16-22(17-21-31)26(25(31)27(32)30-24-14-8-5-9-15-24)34-28(33)29(18-10-2-3-11-19-29)23-12-6-4-7-13-23/h4-9,12-15,22,25-26H,2-3,10-11,16-21H2,1H3/p+1/t22?,25?,26-,31?/m1/s1. The molecule has 1 amide bonds. The summed E-state index contributed by atoms with van der Waals surface area (Å²) in [6.07, 6.45) is 7.64. The Morgan fingerprint density at radius 1 is 0.882 bits per heavy atom. The summed E-state index contributed by atoms with van der Waals surface area (Å²) in [5, 5.41) is 3.11. The SMILES string of the molecule is C[N+]12CCC(CC1)[C@@H](OC(=O)C1(c3ccccc3)CCCCCC1)C2C(=O)Nc1ccccc1. The van der Waals surface area contributed by atoms with E-state index in [0.717, 1.165) is 75.7 Å². The Bertz CT molecular complexity index is 991. The number of anilines is 1. The predicted octanol–water partition coefficient (Wildman–Crippen LogP) is 5.07. The second-order valence-electron chi connectivity index (χ2n) is 10.8. The number of para-hydroxylation sites is 1. The van der Waals surface area contributed by atoms with Gasteiger partial charge in [-0.15, -0.1) is 0 Å². The molecule has 0 aromatic heterocycles. The van der Waals surface area contributed by atoms with Crippen molar-refractivity contribution in [1.29, 1.82) is 0 Å². The van der Waals surface area contributed by atoms with Crippen LogP contribution in [0.4, 0.5) is 5.69 Å². The number of nitrogens with zero attached hydrogens (tertiary/aromatic N) is 1. The molecule has 4 fully saturated rings. The lowest BCUT2D eigenvalue weighted by Gasteiger charge is -2.54. The molecule has 1 aliphatic carbocycles. The number of esters is 1. The van der Waals surface area contributed by atoms with Gasteiger partial charge < -0.3 is 14.5 Å². The van der Waals surface area contributed by atoms with Crippen LogP contribution in [0.1, 0.15) is 56.9 Å². The quantitative estimate of drug-likeness (QED) is 0.384. The van der Waals surface area contributed by atoms with Crippen LogP contribution in [0.3, 0.4) is 0 Å². The number of rotatable bonds is 5. The Labute approximate surface area is 203 Å². The van der Waals surface area contributed by atoms with Gasteiger partial charge in [-0.25, -0.2) is 0 Å². The number of fused-ring (bicyclic) bond motifs is 3. The van der Waals surface area contributed by atoms with Crippen molar-refractivity contribution < 1.29 is 18.8 Å². The van der Waals surface area contributed by atoms with E-state index < -0.39 is 5.41 Å². The van der Waals surface area contributed by atoms with Crippen molar-refractivity contribution in [3.05, 3.63) is 66.2 Å². The van der Waals surface area contributed by atoms with Gasteiger partial charge in [0, 0.05) is 24.4 Å². The Morgan fingerprint density at radius 2 is 1.47 bits per heavy atom. The van der Waals surface area contributed by atoms with Gasteiger partial charge in [-0.05, 0) is 30.5 Å². The number of piperidine rings is 3. The number of nitrogens with one attached hydrogen (secondary N) is 1. The maximum absolute atomic E-state index is 14.1. The molecule has 180 valence electrons. The van der Waals surface area contributed by atoms with Crippen LogP contribution >= 0.6 is 0 Å². The van der Waals surface area contributed by atoms with Gasteiger partial charge in [-0.3, -0.25) is 9.59 Å². The van der Waals surface area contributed by atoms with E-state index >= 15 is 0 Å². The largest absolute Gasteiger partial charge is 0.454 e. The van der Waals surface area contributed by atoms with Crippen LogP contribution in [0, 0.1) is 5.92 Å². The molecule has 3 saturated heterocycles. The number of likely N-dealkylation sites (N-methyl/N-ethyl adjacent to an activating group) is 1. The van der Waals surface area contributed by atoms with Crippen molar-refractivity contribution in [3.8, 4) is 0 Å². The fraction of sp³-hybridized carbons (Fsp3) is 0.517. The first-order valence-corrected chi connectivity index (χ1v) is 13.0. The average molecular weight is 462 g/mol. The number of hydrogen-bond donors (Lipinski definition) is 1. The fourth-order valence-electron chi connectivity index (χ4n) is 6.66. The molecule has 6 rings (SSSR count). The third-order valence-electron chi connectivity index (χ3n) is 8.70. The zero-order valence-corrected chi connectivity index (χ0v) is 20.2. The van der Waals surface area contributed by atoms with E-state index in [9.17, 15) is 9.59 Å². The molecule has 1 N–H and O–H groups in total. The predicted molar refractivity (Wildman–Crippen MR) is 133 cm³/mol. The highest BCUT2D eigenvalue weighted by molar-refractivity contribution is 5.95. The molecule has 3 aliphatic heterocycles. The minimum atomic E-state index is -0.608. The Morgan fingerprint density at radius 3 is 2.09 bits per heavy atom. The summed E-state index contributed by atoms with van der Waals surface area (Å²) in [7, 11) is 2.16. The van der Waals surface area contributed by atoms with Gasteiger partial charge in [0.25, 0.3) is 5.91 Å². The van der Waals surface area contributed by atoms with Gasteiger partial charge in [0.1, 0.15) is 0 Å². The molecule has 0 spiro atoms. The van der Waals surface area contributed by atoms with E-state index in [0.29, 0.717) is 4.48 Å². The van der Waals surface area contributed by atoms with Crippen LogP contribution in [0.2, 0.25) is 0 Å². The lowest BCUT2D eigenvalue weighted by atomic mass is 9.73. The first-order chi connectivity index (χ1) is 16.5. The Kier molecular flexibility index (Phi) is 6.48. The second kappa shape index (κ2) is 9.53. The zero-order valence-electron chi connectivity index (χ0n) is 20.2. The summed E-state index contributed by atoms with van der Waals surface area (Å²) in [5.74, 6) is 0.0861. The summed E-state index contributed by atoms with van der Waals surface area (Å²) in [4.78, 5) is 27.7. The molecule has 2 bridgehead atoms. The van der Waals surface area contributed by atoms with Crippen LogP contribution < -0.4 is 5.32 Å². The fourth-order valence-corrected chi connectivity index (χ4v) is 6.66. The lowest BCUT2D eigenvalue weighted by molar-refractivity contribution is -0.943. The smallest absolute Gasteiger partial charge is 0.317 e. The van der Waals surface area contributed by atoms with Crippen molar-refractivity contribution in [3.63, 3.8) is 0 Å². The molecule has 5 nitrogen and oxygen atoms in total. The normalized spacial score (nSPS) is 30.2.